The molecule has 1 aromatic rings. The van der Waals surface area contributed by atoms with Gasteiger partial charge in [-0.25, -0.2) is 4.79 Å². The fourth-order valence-corrected chi connectivity index (χ4v) is 3.95. The van der Waals surface area contributed by atoms with Crippen LogP contribution >= 0.6 is 11.3 Å². The lowest BCUT2D eigenvalue weighted by molar-refractivity contribution is -0.124. The van der Waals surface area contributed by atoms with Gasteiger partial charge in [0, 0.05) is 5.92 Å². The number of nitrogens with one attached hydrogen (secondary N) is 1. The molecule has 1 aliphatic rings. The van der Waals surface area contributed by atoms with Crippen LogP contribution in [0.25, 0.3) is 0 Å². The summed E-state index contributed by atoms with van der Waals surface area (Å²) in [7, 11) is 1.35. The predicted octanol–water partition coefficient (Wildman–Crippen LogP) is 4.00. The maximum absolute atomic E-state index is 12.6. The first-order chi connectivity index (χ1) is 9.86. The number of hydrogen-bond donors (Lipinski definition) is 1. The molecule has 1 aromatic heterocycles. The predicted molar refractivity (Wildman–Crippen MR) is 84.8 cm³/mol. The van der Waals surface area contributed by atoms with Crippen LogP contribution in [0, 0.1) is 18.3 Å². The van der Waals surface area contributed by atoms with Gasteiger partial charge in [-0.05, 0) is 36.1 Å². The van der Waals surface area contributed by atoms with Gasteiger partial charge in [-0.2, -0.15) is 0 Å². The average molecular weight is 309 g/mol. The number of hydrogen-bond acceptors (Lipinski definition) is 4. The Bertz CT molecular complexity index is 548. The SMILES string of the molecule is COC(=O)c1scc(C)c1NC(=O)C1CCCCC1(C)C. The number of anilines is 1. The highest BCUT2D eigenvalue weighted by Gasteiger charge is 2.37. The van der Waals surface area contributed by atoms with Crippen molar-refractivity contribution in [2.45, 2.75) is 46.5 Å². The van der Waals surface area contributed by atoms with E-state index >= 15 is 0 Å². The van der Waals surface area contributed by atoms with Crippen molar-refractivity contribution in [2.24, 2.45) is 11.3 Å². The molecule has 0 spiro atoms. The Morgan fingerprint density at radius 2 is 2.10 bits per heavy atom. The summed E-state index contributed by atoms with van der Waals surface area (Å²) in [6, 6.07) is 0. The molecule has 1 fully saturated rings. The molecule has 1 atom stereocenters. The van der Waals surface area contributed by atoms with Gasteiger partial charge in [0.15, 0.2) is 0 Å². The van der Waals surface area contributed by atoms with Crippen LogP contribution in [-0.4, -0.2) is 19.0 Å². The lowest BCUT2D eigenvalue weighted by Crippen LogP contribution is -2.37. The van der Waals surface area contributed by atoms with Crippen molar-refractivity contribution < 1.29 is 14.3 Å². The van der Waals surface area contributed by atoms with Gasteiger partial charge in [-0.15, -0.1) is 11.3 Å². The third kappa shape index (κ3) is 3.28. The minimum atomic E-state index is -0.397. The smallest absolute Gasteiger partial charge is 0.350 e. The van der Waals surface area contributed by atoms with Crippen LogP contribution in [0.15, 0.2) is 5.38 Å². The molecular weight excluding hydrogens is 286 g/mol. The number of carbonyl (C=O) groups excluding carboxylic acids is 2. The molecule has 5 heteroatoms. The molecular formula is C16H23NO3S. The fraction of sp³-hybridized carbons (Fsp3) is 0.625. The molecule has 2 rings (SSSR count). The Morgan fingerprint density at radius 1 is 1.38 bits per heavy atom. The summed E-state index contributed by atoms with van der Waals surface area (Å²) in [6.45, 7) is 6.20. The first kappa shape index (κ1) is 16.0. The Morgan fingerprint density at radius 3 is 2.71 bits per heavy atom. The minimum absolute atomic E-state index is 0.00366. The Labute approximate surface area is 129 Å². The molecule has 21 heavy (non-hydrogen) atoms. The zero-order valence-electron chi connectivity index (χ0n) is 13.1. The Kier molecular flexibility index (Phi) is 4.71. The summed E-state index contributed by atoms with van der Waals surface area (Å²) in [6.07, 6.45) is 4.25. The number of rotatable bonds is 3. The maximum Gasteiger partial charge on any atom is 0.350 e. The number of amides is 1. The van der Waals surface area contributed by atoms with Crippen LogP contribution in [0.2, 0.25) is 0 Å². The average Bonchev–Trinajstić information content (AvgIpc) is 2.79. The number of esters is 1. The molecule has 0 saturated heterocycles. The van der Waals surface area contributed by atoms with E-state index < -0.39 is 5.97 Å². The first-order valence-electron chi connectivity index (χ1n) is 7.34. The second-order valence-corrected chi connectivity index (χ2v) is 7.27. The molecule has 1 unspecified atom stereocenters. The third-order valence-corrected chi connectivity index (χ3v) is 5.50. The first-order valence-corrected chi connectivity index (χ1v) is 8.22. The van der Waals surface area contributed by atoms with Crippen molar-refractivity contribution in [1.82, 2.24) is 0 Å². The normalized spacial score (nSPS) is 20.9. The molecule has 1 heterocycles. The zero-order chi connectivity index (χ0) is 15.6. The van der Waals surface area contributed by atoms with Crippen molar-refractivity contribution in [2.75, 3.05) is 12.4 Å². The summed E-state index contributed by atoms with van der Waals surface area (Å²) in [5, 5.41) is 4.84. The lowest BCUT2D eigenvalue weighted by atomic mass is 9.68. The highest BCUT2D eigenvalue weighted by Crippen LogP contribution is 2.41. The van der Waals surface area contributed by atoms with E-state index in [1.54, 1.807) is 0 Å². The van der Waals surface area contributed by atoms with Crippen LogP contribution in [0.3, 0.4) is 0 Å². The monoisotopic (exact) mass is 309 g/mol. The van der Waals surface area contributed by atoms with Crippen molar-refractivity contribution in [3.63, 3.8) is 0 Å². The van der Waals surface area contributed by atoms with Crippen LogP contribution in [-0.2, 0) is 9.53 Å². The number of thiophene rings is 1. The van der Waals surface area contributed by atoms with Gasteiger partial charge < -0.3 is 10.1 Å². The van der Waals surface area contributed by atoms with Gasteiger partial charge in [-0.3, -0.25) is 4.79 Å². The van der Waals surface area contributed by atoms with Crippen LogP contribution < -0.4 is 5.32 Å². The minimum Gasteiger partial charge on any atom is -0.465 e. The standard InChI is InChI=1S/C16H23NO3S/c1-10-9-21-13(15(19)20-4)12(10)17-14(18)11-7-5-6-8-16(11,2)3/h9,11H,5-8H2,1-4H3,(H,17,18). The van der Waals surface area contributed by atoms with Crippen LogP contribution in [0.4, 0.5) is 5.69 Å². The summed E-state index contributed by atoms with van der Waals surface area (Å²) in [5.74, 6) is -0.381. The van der Waals surface area contributed by atoms with Crippen molar-refractivity contribution >= 4 is 28.9 Å². The molecule has 0 radical (unpaired) electrons. The van der Waals surface area contributed by atoms with E-state index in [0.29, 0.717) is 10.6 Å². The summed E-state index contributed by atoms with van der Waals surface area (Å²) in [5.41, 5.74) is 1.53. The molecule has 0 bridgehead atoms. The quantitative estimate of drug-likeness (QED) is 0.859. The van der Waals surface area contributed by atoms with Crippen LogP contribution in [0.5, 0.6) is 0 Å². The van der Waals surface area contributed by atoms with Crippen LogP contribution in [0.1, 0.15) is 54.8 Å². The number of aryl methyl sites for hydroxylation is 1. The second kappa shape index (κ2) is 6.18. The molecule has 4 nitrogen and oxygen atoms in total. The topological polar surface area (TPSA) is 55.4 Å². The van der Waals surface area contributed by atoms with Crippen molar-refractivity contribution in [3.05, 3.63) is 15.8 Å². The highest BCUT2D eigenvalue weighted by atomic mass is 32.1. The van der Waals surface area contributed by atoms with Crippen molar-refractivity contribution in [1.29, 1.82) is 0 Å². The van der Waals surface area contributed by atoms with Gasteiger partial charge in [0.2, 0.25) is 5.91 Å². The molecule has 1 amide bonds. The molecule has 1 N–H and O–H groups in total. The van der Waals surface area contributed by atoms with E-state index in [4.69, 9.17) is 4.74 Å². The van der Waals surface area contributed by atoms with E-state index in [0.717, 1.165) is 24.8 Å². The molecule has 0 aromatic carbocycles. The van der Waals surface area contributed by atoms with Gasteiger partial charge in [0.25, 0.3) is 0 Å². The number of methoxy groups -OCH3 is 1. The second-order valence-electron chi connectivity index (χ2n) is 6.39. The molecule has 116 valence electrons. The number of ether oxygens (including phenoxy) is 1. The largest absolute Gasteiger partial charge is 0.465 e. The Hall–Kier alpha value is -1.36. The van der Waals surface area contributed by atoms with Gasteiger partial charge >= 0.3 is 5.97 Å². The van der Waals surface area contributed by atoms with Gasteiger partial charge in [0.05, 0.1) is 12.8 Å². The third-order valence-electron chi connectivity index (χ3n) is 4.42. The van der Waals surface area contributed by atoms with E-state index in [9.17, 15) is 9.59 Å². The molecule has 1 aliphatic carbocycles. The van der Waals surface area contributed by atoms with E-state index in [1.807, 2.05) is 12.3 Å². The molecule has 1 saturated carbocycles. The van der Waals surface area contributed by atoms with Gasteiger partial charge in [0.1, 0.15) is 4.88 Å². The van der Waals surface area contributed by atoms with E-state index in [2.05, 4.69) is 19.2 Å². The van der Waals surface area contributed by atoms with Crippen molar-refractivity contribution in [3.8, 4) is 0 Å². The van der Waals surface area contributed by atoms with E-state index in [1.165, 1.54) is 24.9 Å². The zero-order valence-corrected chi connectivity index (χ0v) is 13.9. The Balaban J connectivity index is 2.20. The maximum atomic E-state index is 12.6. The highest BCUT2D eigenvalue weighted by molar-refractivity contribution is 7.12. The lowest BCUT2D eigenvalue weighted by Gasteiger charge is -2.37. The summed E-state index contributed by atoms with van der Waals surface area (Å²) < 4.78 is 4.78. The molecule has 0 aliphatic heterocycles. The fourth-order valence-electron chi connectivity index (χ4n) is 3.03. The van der Waals surface area contributed by atoms with Gasteiger partial charge in [-0.1, -0.05) is 26.7 Å². The van der Waals surface area contributed by atoms with E-state index in [-0.39, 0.29) is 17.2 Å². The summed E-state index contributed by atoms with van der Waals surface area (Å²) in [4.78, 5) is 24.9. The number of carbonyl (C=O) groups is 2. The summed E-state index contributed by atoms with van der Waals surface area (Å²) >= 11 is 1.31.